The van der Waals surface area contributed by atoms with Crippen LogP contribution in [0.15, 0.2) is 24.3 Å². The number of piperidine rings is 1. The van der Waals surface area contributed by atoms with Crippen molar-refractivity contribution in [2.45, 2.75) is 31.5 Å². The van der Waals surface area contributed by atoms with E-state index < -0.39 is 6.17 Å². The van der Waals surface area contributed by atoms with Crippen molar-refractivity contribution in [2.24, 2.45) is 5.92 Å². The van der Waals surface area contributed by atoms with Crippen molar-refractivity contribution < 1.29 is 4.39 Å². The van der Waals surface area contributed by atoms with Gasteiger partial charge in [0.15, 0.2) is 0 Å². The first-order valence-electron chi connectivity index (χ1n) is 7.02. The zero-order chi connectivity index (χ0) is 12.4. The van der Waals surface area contributed by atoms with Gasteiger partial charge in [0.1, 0.15) is 6.17 Å². The van der Waals surface area contributed by atoms with Gasteiger partial charge in [-0.1, -0.05) is 24.3 Å². The molecule has 1 saturated heterocycles. The molecule has 0 saturated carbocycles. The Morgan fingerprint density at radius 3 is 2.94 bits per heavy atom. The van der Waals surface area contributed by atoms with Crippen LogP contribution in [0.1, 0.15) is 30.0 Å². The Morgan fingerprint density at radius 1 is 1.22 bits per heavy atom. The molecule has 2 N–H and O–H groups in total. The fourth-order valence-electron chi connectivity index (χ4n) is 3.24. The molecule has 1 fully saturated rings. The molecule has 0 amide bonds. The van der Waals surface area contributed by atoms with Gasteiger partial charge in [-0.3, -0.25) is 0 Å². The van der Waals surface area contributed by atoms with Crippen molar-refractivity contribution in [1.82, 2.24) is 10.6 Å². The van der Waals surface area contributed by atoms with Gasteiger partial charge in [-0.05, 0) is 43.5 Å². The zero-order valence-corrected chi connectivity index (χ0v) is 10.7. The summed E-state index contributed by atoms with van der Waals surface area (Å²) < 4.78 is 14.8. The van der Waals surface area contributed by atoms with E-state index in [0.29, 0.717) is 0 Å². The van der Waals surface area contributed by atoms with Crippen LogP contribution in [0.4, 0.5) is 4.39 Å². The van der Waals surface area contributed by atoms with Crippen molar-refractivity contribution in [3.63, 3.8) is 0 Å². The number of rotatable bonds is 2. The first kappa shape index (κ1) is 12.1. The fraction of sp³-hybridized carbons (Fsp3) is 0.600. The van der Waals surface area contributed by atoms with E-state index in [2.05, 4.69) is 28.8 Å². The largest absolute Gasteiger partial charge is 0.316 e. The van der Waals surface area contributed by atoms with E-state index in [-0.39, 0.29) is 12.0 Å². The topological polar surface area (TPSA) is 24.1 Å². The van der Waals surface area contributed by atoms with E-state index >= 15 is 0 Å². The molecule has 0 spiro atoms. The lowest BCUT2D eigenvalue weighted by atomic mass is 9.84. The van der Waals surface area contributed by atoms with E-state index in [1.165, 1.54) is 11.1 Å². The lowest BCUT2D eigenvalue weighted by molar-refractivity contribution is 0.142. The highest BCUT2D eigenvalue weighted by molar-refractivity contribution is 5.33. The summed E-state index contributed by atoms with van der Waals surface area (Å²) in [6.45, 7) is 2.75. The van der Waals surface area contributed by atoms with E-state index in [9.17, 15) is 4.39 Å². The summed E-state index contributed by atoms with van der Waals surface area (Å²) in [5, 5.41) is 6.68. The molecule has 0 radical (unpaired) electrons. The molecule has 18 heavy (non-hydrogen) atoms. The summed E-state index contributed by atoms with van der Waals surface area (Å²) in [4.78, 5) is 0. The number of nitrogens with one attached hydrogen (secondary N) is 2. The number of benzene rings is 1. The Bertz CT molecular complexity index is 401. The minimum atomic E-state index is -0.778. The van der Waals surface area contributed by atoms with Crippen LogP contribution in [-0.4, -0.2) is 25.8 Å². The van der Waals surface area contributed by atoms with Crippen LogP contribution in [0, 0.1) is 5.92 Å². The molecule has 3 atom stereocenters. The quantitative estimate of drug-likeness (QED) is 0.838. The van der Waals surface area contributed by atoms with Crippen molar-refractivity contribution in [1.29, 1.82) is 0 Å². The molecule has 2 nitrogen and oxygen atoms in total. The van der Waals surface area contributed by atoms with Crippen LogP contribution in [0.5, 0.6) is 0 Å². The number of hydrogen-bond donors (Lipinski definition) is 2. The predicted octanol–water partition coefficient (Wildman–Crippen LogP) is 2.21. The number of hydrogen-bond acceptors (Lipinski definition) is 2. The maximum atomic E-state index is 14.8. The van der Waals surface area contributed by atoms with Crippen molar-refractivity contribution in [2.75, 3.05) is 19.6 Å². The minimum Gasteiger partial charge on any atom is -0.316 e. The Morgan fingerprint density at radius 2 is 2.11 bits per heavy atom. The van der Waals surface area contributed by atoms with Gasteiger partial charge in [0.25, 0.3) is 0 Å². The third kappa shape index (κ3) is 2.29. The Balaban J connectivity index is 1.80. The maximum Gasteiger partial charge on any atom is 0.123 e. The second-order valence-electron chi connectivity index (χ2n) is 5.43. The normalized spacial score (nSPS) is 29.6. The average molecular weight is 248 g/mol. The molecule has 3 heteroatoms. The molecule has 0 aliphatic carbocycles. The summed E-state index contributed by atoms with van der Waals surface area (Å²) in [6.07, 6.45) is 2.34. The number of halogens is 1. The molecule has 2 aliphatic heterocycles. The van der Waals surface area contributed by atoms with Crippen molar-refractivity contribution >= 4 is 0 Å². The summed E-state index contributed by atoms with van der Waals surface area (Å²) >= 11 is 0. The van der Waals surface area contributed by atoms with Gasteiger partial charge in [-0.2, -0.15) is 0 Å². The molecule has 1 aromatic rings. The average Bonchev–Trinajstić information content (AvgIpc) is 2.47. The van der Waals surface area contributed by atoms with Crippen molar-refractivity contribution in [3.05, 3.63) is 35.4 Å². The second-order valence-corrected chi connectivity index (χ2v) is 5.43. The van der Waals surface area contributed by atoms with Crippen LogP contribution < -0.4 is 10.6 Å². The number of fused-ring (bicyclic) bond motifs is 1. The molecule has 98 valence electrons. The van der Waals surface area contributed by atoms with E-state index in [4.69, 9.17) is 0 Å². The SMILES string of the molecule is FC(C1CCCNC1)C1NCCc2ccccc21. The first-order valence-corrected chi connectivity index (χ1v) is 7.02. The van der Waals surface area contributed by atoms with E-state index in [1.54, 1.807) is 0 Å². The third-order valence-corrected chi connectivity index (χ3v) is 4.25. The molecular formula is C15H21FN2. The summed E-state index contributed by atoms with van der Waals surface area (Å²) in [6, 6.07) is 8.17. The lowest BCUT2D eigenvalue weighted by Crippen LogP contribution is -2.43. The summed E-state index contributed by atoms with van der Waals surface area (Å²) in [7, 11) is 0. The highest BCUT2D eigenvalue weighted by Gasteiger charge is 2.33. The minimum absolute atomic E-state index is 0.111. The van der Waals surface area contributed by atoms with E-state index in [0.717, 1.165) is 38.9 Å². The Labute approximate surface area is 108 Å². The Kier molecular flexibility index (Phi) is 3.62. The molecule has 2 heterocycles. The predicted molar refractivity (Wildman–Crippen MR) is 71.4 cm³/mol. The molecule has 1 aromatic carbocycles. The third-order valence-electron chi connectivity index (χ3n) is 4.25. The van der Waals surface area contributed by atoms with Gasteiger partial charge >= 0.3 is 0 Å². The van der Waals surface area contributed by atoms with Gasteiger partial charge in [0.2, 0.25) is 0 Å². The van der Waals surface area contributed by atoms with Gasteiger partial charge in [0, 0.05) is 12.5 Å². The van der Waals surface area contributed by atoms with Gasteiger partial charge in [-0.25, -0.2) is 4.39 Å². The fourth-order valence-corrected chi connectivity index (χ4v) is 3.24. The van der Waals surface area contributed by atoms with Gasteiger partial charge < -0.3 is 10.6 Å². The van der Waals surface area contributed by atoms with Gasteiger partial charge in [-0.15, -0.1) is 0 Å². The van der Waals surface area contributed by atoms with Gasteiger partial charge in [0.05, 0.1) is 6.04 Å². The molecular weight excluding hydrogens is 227 g/mol. The maximum absolute atomic E-state index is 14.8. The first-order chi connectivity index (χ1) is 8.86. The zero-order valence-electron chi connectivity index (χ0n) is 10.7. The van der Waals surface area contributed by atoms with Crippen LogP contribution in [0.25, 0.3) is 0 Å². The summed E-state index contributed by atoms with van der Waals surface area (Å²) in [5.41, 5.74) is 2.48. The molecule has 2 aliphatic rings. The van der Waals surface area contributed by atoms with Crippen LogP contribution in [0.3, 0.4) is 0 Å². The molecule has 0 bridgehead atoms. The highest BCUT2D eigenvalue weighted by atomic mass is 19.1. The standard InChI is InChI=1S/C15H21FN2/c16-14(12-5-3-8-17-10-12)15-13-6-2-1-4-11(13)7-9-18-15/h1-2,4,6,12,14-15,17-18H,3,5,7-10H2. The lowest BCUT2D eigenvalue weighted by Gasteiger charge is -2.35. The van der Waals surface area contributed by atoms with Crippen LogP contribution >= 0.6 is 0 Å². The highest BCUT2D eigenvalue weighted by Crippen LogP contribution is 2.32. The summed E-state index contributed by atoms with van der Waals surface area (Å²) in [5.74, 6) is 0.155. The van der Waals surface area contributed by atoms with Crippen LogP contribution in [-0.2, 0) is 6.42 Å². The smallest absolute Gasteiger partial charge is 0.123 e. The second kappa shape index (κ2) is 5.37. The number of alkyl halides is 1. The van der Waals surface area contributed by atoms with Crippen molar-refractivity contribution in [3.8, 4) is 0 Å². The Hall–Kier alpha value is -0.930. The van der Waals surface area contributed by atoms with Crippen LogP contribution in [0.2, 0.25) is 0 Å². The molecule has 3 rings (SSSR count). The monoisotopic (exact) mass is 248 g/mol. The molecule has 3 unspecified atom stereocenters. The molecule has 0 aromatic heterocycles. The van der Waals surface area contributed by atoms with E-state index in [1.807, 2.05) is 6.07 Å².